The number of amides is 1. The molecule has 3 heterocycles. The lowest BCUT2D eigenvalue weighted by Gasteiger charge is -2.34. The van der Waals surface area contributed by atoms with Crippen molar-refractivity contribution >= 4 is 11.9 Å². The quantitative estimate of drug-likeness (QED) is 0.440. The van der Waals surface area contributed by atoms with Crippen LogP contribution in [0.25, 0.3) is 16.9 Å². The van der Waals surface area contributed by atoms with Crippen LogP contribution < -0.4 is 4.90 Å². The van der Waals surface area contributed by atoms with Crippen LogP contribution in [0.5, 0.6) is 0 Å². The molecule has 0 spiro atoms. The molecular weight excluding hydrogens is 450 g/mol. The van der Waals surface area contributed by atoms with E-state index in [1.807, 2.05) is 46.0 Å². The van der Waals surface area contributed by atoms with Crippen molar-refractivity contribution in [3.8, 4) is 16.9 Å². The Morgan fingerprint density at radius 1 is 0.971 bits per heavy atom. The van der Waals surface area contributed by atoms with Crippen LogP contribution in [0.4, 0.5) is 14.7 Å². The number of aryl methyl sites for hydroxylation is 1. The van der Waals surface area contributed by atoms with Crippen molar-refractivity contribution in [2.45, 2.75) is 13.3 Å². The first kappa shape index (κ1) is 22.6. The molecule has 2 aromatic carbocycles. The molecule has 7 nitrogen and oxygen atoms in total. The van der Waals surface area contributed by atoms with E-state index in [-0.39, 0.29) is 18.1 Å². The summed E-state index contributed by atoms with van der Waals surface area (Å²) in [6.45, 7) is 3.86. The minimum Gasteiger partial charge on any atom is -0.339 e. The molecule has 0 saturated carbocycles. The van der Waals surface area contributed by atoms with E-state index in [1.165, 1.54) is 6.07 Å². The van der Waals surface area contributed by atoms with Gasteiger partial charge in [-0.25, -0.2) is 23.7 Å². The van der Waals surface area contributed by atoms with Gasteiger partial charge in [-0.1, -0.05) is 18.2 Å². The molecule has 178 valence electrons. The van der Waals surface area contributed by atoms with Crippen LogP contribution in [0, 0.1) is 18.6 Å². The van der Waals surface area contributed by atoms with Crippen molar-refractivity contribution < 1.29 is 13.6 Å². The summed E-state index contributed by atoms with van der Waals surface area (Å²) in [4.78, 5) is 29.8. The summed E-state index contributed by atoms with van der Waals surface area (Å²) >= 11 is 0. The second-order valence-electron chi connectivity index (χ2n) is 8.46. The maximum Gasteiger partial charge on any atom is 0.230 e. The zero-order valence-corrected chi connectivity index (χ0v) is 19.2. The van der Waals surface area contributed by atoms with Gasteiger partial charge < -0.3 is 14.4 Å². The van der Waals surface area contributed by atoms with Gasteiger partial charge in [-0.15, -0.1) is 0 Å². The van der Waals surface area contributed by atoms with Crippen molar-refractivity contribution in [2.24, 2.45) is 0 Å². The Morgan fingerprint density at radius 3 is 2.37 bits per heavy atom. The number of para-hydroxylation sites is 1. The normalized spacial score (nSPS) is 13.8. The molecule has 1 saturated heterocycles. The van der Waals surface area contributed by atoms with Gasteiger partial charge >= 0.3 is 0 Å². The number of halogens is 2. The first-order valence-electron chi connectivity index (χ1n) is 11.4. The minimum absolute atomic E-state index is 0.0331. The highest BCUT2D eigenvalue weighted by Gasteiger charge is 2.24. The van der Waals surface area contributed by atoms with E-state index in [0.29, 0.717) is 49.2 Å². The van der Waals surface area contributed by atoms with Crippen LogP contribution in [0.3, 0.4) is 0 Å². The number of benzene rings is 2. The van der Waals surface area contributed by atoms with Crippen molar-refractivity contribution in [1.29, 1.82) is 0 Å². The molecule has 1 aliphatic heterocycles. The molecule has 35 heavy (non-hydrogen) atoms. The Hall–Kier alpha value is -4.14. The van der Waals surface area contributed by atoms with Crippen LogP contribution in [0.2, 0.25) is 0 Å². The number of hydrogen-bond donors (Lipinski definition) is 0. The maximum absolute atomic E-state index is 13.8. The number of carbonyl (C=O) groups is 1. The topological polar surface area (TPSA) is 67.2 Å². The third-order valence-electron chi connectivity index (χ3n) is 6.10. The number of hydrogen-bond acceptors (Lipinski definition) is 5. The van der Waals surface area contributed by atoms with Gasteiger partial charge in [-0.05, 0) is 42.8 Å². The maximum atomic E-state index is 13.8. The van der Waals surface area contributed by atoms with Gasteiger partial charge in [0.1, 0.15) is 11.6 Å². The lowest BCUT2D eigenvalue weighted by atomic mass is 10.1. The zero-order chi connectivity index (χ0) is 24.4. The summed E-state index contributed by atoms with van der Waals surface area (Å²) in [7, 11) is 0. The van der Waals surface area contributed by atoms with Crippen molar-refractivity contribution in [2.75, 3.05) is 31.1 Å². The monoisotopic (exact) mass is 474 g/mol. The molecule has 4 aromatic rings. The molecule has 0 atom stereocenters. The molecule has 0 bridgehead atoms. The third kappa shape index (κ3) is 4.89. The average molecular weight is 475 g/mol. The largest absolute Gasteiger partial charge is 0.339 e. The van der Waals surface area contributed by atoms with Gasteiger partial charge in [0.2, 0.25) is 11.9 Å². The Morgan fingerprint density at radius 2 is 1.69 bits per heavy atom. The van der Waals surface area contributed by atoms with Crippen molar-refractivity contribution in [3.63, 3.8) is 0 Å². The molecule has 0 unspecified atom stereocenters. The van der Waals surface area contributed by atoms with E-state index in [2.05, 4.69) is 9.97 Å². The standard InChI is InChI=1S/C26H24F2N6O/c1-18-13-19(7-8-22(18)28)23-17-34(21-5-3-2-4-6-21)24(31-23)14-25(35)32-9-11-33(12-10-32)26-29-15-20(27)16-30-26/h2-8,13,15-17H,9-12,14H2,1H3. The first-order chi connectivity index (χ1) is 17.0. The Bertz CT molecular complexity index is 1330. The summed E-state index contributed by atoms with van der Waals surface area (Å²) in [6, 6.07) is 14.6. The number of nitrogens with zero attached hydrogens (tertiary/aromatic N) is 6. The van der Waals surface area contributed by atoms with Gasteiger partial charge in [0.15, 0.2) is 5.82 Å². The van der Waals surface area contributed by atoms with Crippen LogP contribution >= 0.6 is 0 Å². The fourth-order valence-corrected chi connectivity index (χ4v) is 4.17. The number of rotatable bonds is 5. The Labute approximate surface area is 201 Å². The molecule has 1 amide bonds. The number of anilines is 1. The molecule has 5 rings (SSSR count). The molecule has 0 radical (unpaired) electrons. The zero-order valence-electron chi connectivity index (χ0n) is 19.2. The summed E-state index contributed by atoms with van der Waals surface area (Å²) in [5, 5.41) is 0. The van der Waals surface area contributed by atoms with E-state index < -0.39 is 5.82 Å². The van der Waals surface area contributed by atoms with E-state index >= 15 is 0 Å². The SMILES string of the molecule is Cc1cc(-c2cn(-c3ccccc3)c(CC(=O)N3CCN(c4ncc(F)cn4)CC3)n2)ccc1F. The predicted molar refractivity (Wildman–Crippen MR) is 128 cm³/mol. The molecule has 2 aromatic heterocycles. The number of imidazole rings is 1. The second kappa shape index (κ2) is 9.61. The van der Waals surface area contributed by atoms with Gasteiger partial charge in [0.05, 0.1) is 24.5 Å². The van der Waals surface area contributed by atoms with Crippen LogP contribution in [-0.2, 0) is 11.2 Å². The summed E-state index contributed by atoms with van der Waals surface area (Å²) in [5.41, 5.74) is 2.90. The number of piperazine rings is 1. The molecule has 9 heteroatoms. The highest BCUT2D eigenvalue weighted by Crippen LogP contribution is 2.24. The summed E-state index contributed by atoms with van der Waals surface area (Å²) < 4.78 is 28.8. The Balaban J connectivity index is 1.35. The van der Waals surface area contributed by atoms with E-state index in [4.69, 9.17) is 4.98 Å². The molecule has 1 aliphatic rings. The van der Waals surface area contributed by atoms with Gasteiger partial charge in [0, 0.05) is 43.6 Å². The fraction of sp³-hybridized carbons (Fsp3) is 0.231. The van der Waals surface area contributed by atoms with Crippen LogP contribution in [0.1, 0.15) is 11.4 Å². The lowest BCUT2D eigenvalue weighted by molar-refractivity contribution is -0.130. The predicted octanol–water partition coefficient (Wildman–Crippen LogP) is 3.81. The van der Waals surface area contributed by atoms with Crippen molar-refractivity contribution in [1.82, 2.24) is 24.4 Å². The number of aromatic nitrogens is 4. The van der Waals surface area contributed by atoms with E-state index in [0.717, 1.165) is 23.6 Å². The Kier molecular flexibility index (Phi) is 6.22. The van der Waals surface area contributed by atoms with Crippen LogP contribution in [-0.4, -0.2) is 56.5 Å². The highest BCUT2D eigenvalue weighted by molar-refractivity contribution is 5.79. The van der Waals surface area contributed by atoms with Gasteiger partial charge in [-0.3, -0.25) is 4.79 Å². The first-order valence-corrected chi connectivity index (χ1v) is 11.4. The minimum atomic E-state index is -0.480. The molecule has 0 aliphatic carbocycles. The summed E-state index contributed by atoms with van der Waals surface area (Å²) in [5.74, 6) is 0.289. The molecule has 0 N–H and O–H groups in total. The summed E-state index contributed by atoms with van der Waals surface area (Å²) in [6.07, 6.45) is 4.30. The van der Waals surface area contributed by atoms with Crippen LogP contribution in [0.15, 0.2) is 67.1 Å². The average Bonchev–Trinajstić information content (AvgIpc) is 3.30. The molecular formula is C26H24F2N6O. The highest BCUT2D eigenvalue weighted by atomic mass is 19.1. The van der Waals surface area contributed by atoms with E-state index in [9.17, 15) is 13.6 Å². The lowest BCUT2D eigenvalue weighted by Crippen LogP contribution is -2.49. The van der Waals surface area contributed by atoms with Gasteiger partial charge in [0.25, 0.3) is 0 Å². The van der Waals surface area contributed by atoms with Crippen molar-refractivity contribution in [3.05, 3.63) is 90.1 Å². The van der Waals surface area contributed by atoms with E-state index in [1.54, 1.807) is 24.0 Å². The third-order valence-corrected chi connectivity index (χ3v) is 6.10. The fourth-order valence-electron chi connectivity index (χ4n) is 4.17. The smallest absolute Gasteiger partial charge is 0.230 e. The van der Waals surface area contributed by atoms with Gasteiger partial charge in [-0.2, -0.15) is 0 Å². The number of carbonyl (C=O) groups excluding carboxylic acids is 1. The second-order valence-corrected chi connectivity index (χ2v) is 8.46. The molecule has 1 fully saturated rings.